The Kier molecular flexibility index (Phi) is 3.67. The van der Waals surface area contributed by atoms with Crippen LogP contribution >= 0.6 is 24.0 Å². The van der Waals surface area contributed by atoms with Crippen molar-refractivity contribution in [3.05, 3.63) is 22.6 Å². The molecule has 4 atom stereocenters. The number of thiocarbonyl (C=S) groups is 1. The van der Waals surface area contributed by atoms with Crippen LogP contribution in [0.4, 0.5) is 0 Å². The molecule has 7 nitrogen and oxygen atoms in total. The Labute approximate surface area is 124 Å². The quantitative estimate of drug-likeness (QED) is 0.707. The number of thioether (sulfide) groups is 1. The molecule has 2 aliphatic heterocycles. The first-order valence-corrected chi connectivity index (χ1v) is 7.64. The van der Waals surface area contributed by atoms with Gasteiger partial charge in [0.15, 0.2) is 12.3 Å². The first kappa shape index (κ1) is 13.8. The van der Waals surface area contributed by atoms with E-state index >= 15 is 0 Å². The SMILES string of the molecule is CSC(=S)N[C@H]1[C@H]2Oc3nc(=O)ccn3[C@H]2O[C@@H]1CO. The van der Waals surface area contributed by atoms with E-state index < -0.39 is 12.3 Å². The summed E-state index contributed by atoms with van der Waals surface area (Å²) in [7, 11) is 0. The van der Waals surface area contributed by atoms with Gasteiger partial charge in [0, 0.05) is 12.3 Å². The summed E-state index contributed by atoms with van der Waals surface area (Å²) >= 11 is 6.55. The molecule has 2 N–H and O–H groups in total. The Bertz CT molecular complexity index is 593. The van der Waals surface area contributed by atoms with Gasteiger partial charge in [-0.2, -0.15) is 4.98 Å². The van der Waals surface area contributed by atoms with Crippen molar-refractivity contribution < 1.29 is 14.6 Å². The van der Waals surface area contributed by atoms with E-state index in [2.05, 4.69) is 10.3 Å². The molecular formula is C11H13N3O4S2. The molecule has 1 saturated heterocycles. The van der Waals surface area contributed by atoms with Crippen LogP contribution in [-0.2, 0) is 4.74 Å². The summed E-state index contributed by atoms with van der Waals surface area (Å²) in [6.45, 7) is -0.145. The van der Waals surface area contributed by atoms with Crippen molar-refractivity contribution in [1.82, 2.24) is 14.9 Å². The van der Waals surface area contributed by atoms with Gasteiger partial charge in [-0.25, -0.2) is 0 Å². The van der Waals surface area contributed by atoms with E-state index in [1.54, 1.807) is 10.8 Å². The van der Waals surface area contributed by atoms with Crippen LogP contribution in [0.3, 0.4) is 0 Å². The molecule has 0 saturated carbocycles. The maximum atomic E-state index is 11.2. The Hall–Kier alpha value is -1.16. The third-order valence-electron chi connectivity index (χ3n) is 3.32. The second-order valence-corrected chi connectivity index (χ2v) is 5.93. The van der Waals surface area contributed by atoms with Crippen LogP contribution in [0.15, 0.2) is 17.1 Å². The van der Waals surface area contributed by atoms with E-state index in [-0.39, 0.29) is 30.3 Å². The number of ether oxygens (including phenoxy) is 2. The predicted molar refractivity (Wildman–Crippen MR) is 76.9 cm³/mol. The van der Waals surface area contributed by atoms with Gasteiger partial charge in [-0.15, -0.1) is 11.8 Å². The van der Waals surface area contributed by atoms with Crippen LogP contribution in [0.1, 0.15) is 6.23 Å². The van der Waals surface area contributed by atoms with Crippen molar-refractivity contribution in [2.75, 3.05) is 12.9 Å². The molecule has 0 spiro atoms. The fraction of sp³-hybridized carbons (Fsp3) is 0.545. The smallest absolute Gasteiger partial charge is 0.302 e. The van der Waals surface area contributed by atoms with Gasteiger partial charge in [0.05, 0.1) is 12.6 Å². The molecule has 1 aromatic rings. The van der Waals surface area contributed by atoms with Crippen molar-refractivity contribution in [3.63, 3.8) is 0 Å². The molecule has 1 fully saturated rings. The monoisotopic (exact) mass is 315 g/mol. The number of aliphatic hydroxyl groups excluding tert-OH is 1. The summed E-state index contributed by atoms with van der Waals surface area (Å²) in [5, 5.41) is 12.5. The average molecular weight is 315 g/mol. The van der Waals surface area contributed by atoms with Gasteiger partial charge >= 0.3 is 6.01 Å². The van der Waals surface area contributed by atoms with E-state index in [9.17, 15) is 9.90 Å². The van der Waals surface area contributed by atoms with Gasteiger partial charge in [-0.3, -0.25) is 9.36 Å². The summed E-state index contributed by atoms with van der Waals surface area (Å²) in [5.41, 5.74) is -0.362. The Morgan fingerprint density at radius 1 is 1.70 bits per heavy atom. The Balaban J connectivity index is 1.88. The highest BCUT2D eigenvalue weighted by atomic mass is 32.2. The van der Waals surface area contributed by atoms with Crippen LogP contribution in [0, 0.1) is 0 Å². The fourth-order valence-electron chi connectivity index (χ4n) is 2.41. The lowest BCUT2D eigenvalue weighted by atomic mass is 10.1. The molecular weight excluding hydrogens is 302 g/mol. The van der Waals surface area contributed by atoms with Crippen molar-refractivity contribution in [1.29, 1.82) is 0 Å². The summed E-state index contributed by atoms with van der Waals surface area (Å²) in [4.78, 5) is 15.0. The number of aliphatic hydroxyl groups is 1. The van der Waals surface area contributed by atoms with Crippen molar-refractivity contribution in [2.45, 2.75) is 24.5 Å². The molecule has 0 radical (unpaired) electrons. The summed E-state index contributed by atoms with van der Waals surface area (Å²) in [6, 6.07) is 1.28. The lowest BCUT2D eigenvalue weighted by Gasteiger charge is -2.22. The third-order valence-corrected chi connectivity index (χ3v) is 4.43. The summed E-state index contributed by atoms with van der Waals surface area (Å²) < 4.78 is 13.7. The van der Waals surface area contributed by atoms with Crippen LogP contribution in [-0.4, -0.2) is 50.1 Å². The zero-order valence-electron chi connectivity index (χ0n) is 10.6. The molecule has 108 valence electrons. The molecule has 0 amide bonds. The minimum atomic E-state index is -0.428. The molecule has 3 heterocycles. The van der Waals surface area contributed by atoms with Crippen molar-refractivity contribution >= 4 is 28.3 Å². The lowest BCUT2D eigenvalue weighted by Crippen LogP contribution is -2.48. The number of nitrogens with zero attached hydrogens (tertiary/aromatic N) is 2. The van der Waals surface area contributed by atoms with E-state index in [1.807, 2.05) is 6.26 Å². The van der Waals surface area contributed by atoms with Gasteiger partial charge in [0.25, 0.3) is 5.56 Å². The summed E-state index contributed by atoms with van der Waals surface area (Å²) in [6.07, 6.45) is 2.21. The topological polar surface area (TPSA) is 85.6 Å². The number of nitrogens with one attached hydrogen (secondary N) is 1. The maximum absolute atomic E-state index is 11.2. The highest BCUT2D eigenvalue weighted by Gasteiger charge is 2.51. The molecule has 3 rings (SSSR count). The van der Waals surface area contributed by atoms with E-state index in [1.165, 1.54) is 17.8 Å². The Morgan fingerprint density at radius 2 is 2.50 bits per heavy atom. The van der Waals surface area contributed by atoms with Crippen LogP contribution in [0.5, 0.6) is 6.01 Å². The highest BCUT2D eigenvalue weighted by Crippen LogP contribution is 2.38. The van der Waals surface area contributed by atoms with Crippen molar-refractivity contribution in [2.24, 2.45) is 0 Å². The molecule has 0 aromatic carbocycles. The molecule has 0 bridgehead atoms. The highest BCUT2D eigenvalue weighted by molar-refractivity contribution is 8.22. The van der Waals surface area contributed by atoms with Gasteiger partial charge < -0.3 is 19.9 Å². The molecule has 20 heavy (non-hydrogen) atoms. The van der Waals surface area contributed by atoms with Gasteiger partial charge in [0.1, 0.15) is 10.4 Å². The minimum Gasteiger partial charge on any atom is -0.454 e. The van der Waals surface area contributed by atoms with E-state index in [0.717, 1.165) is 0 Å². The standard InChI is InChI=1S/C11H13N3O4S2/c1-20-11(19)13-7-5(4-15)17-9-8(7)18-10-12-6(16)2-3-14(9)10/h2-3,5,7-9,15H,4H2,1H3,(H,13,19)/t5-,7-,8-,9+/m1/s1. The number of hydrogen-bond acceptors (Lipinski definition) is 7. The van der Waals surface area contributed by atoms with Crippen molar-refractivity contribution in [3.8, 4) is 6.01 Å². The second kappa shape index (κ2) is 5.32. The van der Waals surface area contributed by atoms with Gasteiger partial charge in [-0.05, 0) is 6.26 Å². The first-order valence-electron chi connectivity index (χ1n) is 6.00. The van der Waals surface area contributed by atoms with Crippen LogP contribution < -0.4 is 15.6 Å². The fourth-order valence-corrected chi connectivity index (χ4v) is 2.80. The van der Waals surface area contributed by atoms with Gasteiger partial charge in [-0.1, -0.05) is 12.2 Å². The molecule has 0 unspecified atom stereocenters. The molecule has 2 aliphatic rings. The van der Waals surface area contributed by atoms with E-state index in [0.29, 0.717) is 4.32 Å². The number of fused-ring (bicyclic) bond motifs is 3. The van der Waals surface area contributed by atoms with Gasteiger partial charge in [0.2, 0.25) is 0 Å². The first-order chi connectivity index (χ1) is 9.63. The molecule has 9 heteroatoms. The normalized spacial score (nSPS) is 30.5. The van der Waals surface area contributed by atoms with Crippen LogP contribution in [0.2, 0.25) is 0 Å². The van der Waals surface area contributed by atoms with E-state index in [4.69, 9.17) is 21.7 Å². The largest absolute Gasteiger partial charge is 0.454 e. The average Bonchev–Trinajstić information content (AvgIpc) is 2.94. The molecule has 0 aliphatic carbocycles. The zero-order valence-corrected chi connectivity index (χ0v) is 12.2. The maximum Gasteiger partial charge on any atom is 0.302 e. The summed E-state index contributed by atoms with van der Waals surface area (Å²) in [5.74, 6) is 0. The predicted octanol–water partition coefficient (Wildman–Crippen LogP) is -0.500. The number of aromatic nitrogens is 2. The second-order valence-electron chi connectivity index (χ2n) is 4.45. The minimum absolute atomic E-state index is 0.145. The Morgan fingerprint density at radius 3 is 3.20 bits per heavy atom. The number of hydrogen-bond donors (Lipinski definition) is 2. The third kappa shape index (κ3) is 2.20. The number of rotatable bonds is 2. The molecule has 1 aromatic heterocycles. The van der Waals surface area contributed by atoms with Crippen LogP contribution in [0.25, 0.3) is 0 Å². The zero-order chi connectivity index (χ0) is 14.3. The lowest BCUT2D eigenvalue weighted by molar-refractivity contribution is -0.0276.